The SMILES string of the molecule is CN(C(=O)Cc1[nH]c(=S)n2c1C[C@@H](c1c(F)ccc(Cl)c1F)C2)C1CCS(=O)(=O)CC1. The number of aromatic amines is 1. The van der Waals surface area contributed by atoms with Crippen molar-refractivity contribution in [3.63, 3.8) is 0 Å². The first-order chi connectivity index (χ1) is 14.6. The number of imidazole rings is 1. The summed E-state index contributed by atoms with van der Waals surface area (Å²) in [5, 5.41) is -0.135. The van der Waals surface area contributed by atoms with E-state index in [0.29, 0.717) is 36.3 Å². The Hall–Kier alpha value is -1.78. The minimum absolute atomic E-state index is 0.0545. The van der Waals surface area contributed by atoms with Gasteiger partial charge in [-0.3, -0.25) is 4.79 Å². The van der Waals surface area contributed by atoms with Crippen LogP contribution in [0.25, 0.3) is 0 Å². The highest BCUT2D eigenvalue weighted by Gasteiger charge is 2.33. The molecule has 0 unspecified atom stereocenters. The predicted octanol–water partition coefficient (Wildman–Crippen LogP) is 3.40. The molecular formula is C20H22ClF2N3O3S2. The van der Waals surface area contributed by atoms with Crippen LogP contribution in [0.4, 0.5) is 8.78 Å². The molecule has 1 N–H and O–H groups in total. The number of nitrogens with one attached hydrogen (secondary N) is 1. The Labute approximate surface area is 189 Å². The molecule has 168 valence electrons. The minimum atomic E-state index is -3.01. The number of likely N-dealkylation sites (N-methyl/N-ethyl adjacent to an activating group) is 1. The average molecular weight is 490 g/mol. The van der Waals surface area contributed by atoms with Crippen molar-refractivity contribution in [1.29, 1.82) is 0 Å². The molecule has 1 saturated heterocycles. The summed E-state index contributed by atoms with van der Waals surface area (Å²) < 4.78 is 54.3. The van der Waals surface area contributed by atoms with Crippen LogP contribution in [0.2, 0.25) is 5.02 Å². The van der Waals surface area contributed by atoms with E-state index in [1.54, 1.807) is 16.5 Å². The maximum absolute atomic E-state index is 14.5. The Balaban J connectivity index is 1.52. The first-order valence-corrected chi connectivity index (χ1v) is 12.6. The van der Waals surface area contributed by atoms with Gasteiger partial charge in [-0.2, -0.15) is 0 Å². The number of aromatic nitrogens is 2. The first-order valence-electron chi connectivity index (χ1n) is 9.97. The van der Waals surface area contributed by atoms with Crippen molar-refractivity contribution in [1.82, 2.24) is 14.5 Å². The van der Waals surface area contributed by atoms with Crippen molar-refractivity contribution in [2.75, 3.05) is 18.6 Å². The van der Waals surface area contributed by atoms with E-state index in [4.69, 9.17) is 23.8 Å². The molecule has 1 aromatic heterocycles. The molecule has 2 aliphatic rings. The van der Waals surface area contributed by atoms with Gasteiger partial charge in [-0.25, -0.2) is 17.2 Å². The summed E-state index contributed by atoms with van der Waals surface area (Å²) in [6, 6.07) is 2.21. The maximum Gasteiger partial charge on any atom is 0.228 e. The van der Waals surface area contributed by atoms with Crippen molar-refractivity contribution >= 4 is 39.6 Å². The van der Waals surface area contributed by atoms with Gasteiger partial charge < -0.3 is 14.5 Å². The Bertz CT molecular complexity index is 1190. The van der Waals surface area contributed by atoms with Gasteiger partial charge in [0.15, 0.2) is 4.77 Å². The molecule has 1 aromatic carbocycles. The zero-order chi connectivity index (χ0) is 22.5. The summed E-state index contributed by atoms with van der Waals surface area (Å²) in [5.41, 5.74) is 1.31. The highest BCUT2D eigenvalue weighted by atomic mass is 35.5. The van der Waals surface area contributed by atoms with Crippen LogP contribution in [0, 0.1) is 16.4 Å². The van der Waals surface area contributed by atoms with E-state index in [-0.39, 0.29) is 40.5 Å². The molecule has 2 aromatic rings. The number of carbonyl (C=O) groups excluding carboxylic acids is 1. The molecule has 0 spiro atoms. The van der Waals surface area contributed by atoms with E-state index in [0.717, 1.165) is 11.8 Å². The third-order valence-electron chi connectivity index (χ3n) is 6.30. The molecule has 0 radical (unpaired) electrons. The zero-order valence-electron chi connectivity index (χ0n) is 16.8. The topological polar surface area (TPSA) is 75.2 Å². The van der Waals surface area contributed by atoms with Gasteiger partial charge in [0.2, 0.25) is 5.91 Å². The van der Waals surface area contributed by atoms with Gasteiger partial charge in [-0.05, 0) is 43.6 Å². The molecule has 0 bridgehead atoms. The fraction of sp³-hybridized carbons (Fsp3) is 0.500. The van der Waals surface area contributed by atoms with E-state index in [9.17, 15) is 22.0 Å². The lowest BCUT2D eigenvalue weighted by molar-refractivity contribution is -0.131. The second-order valence-electron chi connectivity index (χ2n) is 8.19. The van der Waals surface area contributed by atoms with Crippen molar-refractivity contribution in [3.8, 4) is 0 Å². The number of hydrogen-bond acceptors (Lipinski definition) is 4. The molecule has 31 heavy (non-hydrogen) atoms. The third-order valence-corrected chi connectivity index (χ3v) is 8.63. The number of fused-ring (bicyclic) bond motifs is 1. The van der Waals surface area contributed by atoms with Gasteiger partial charge in [0, 0.05) is 42.5 Å². The number of amides is 1. The smallest absolute Gasteiger partial charge is 0.228 e. The van der Waals surface area contributed by atoms with E-state index < -0.39 is 27.4 Å². The third kappa shape index (κ3) is 4.29. The Morgan fingerprint density at radius 3 is 2.68 bits per heavy atom. The van der Waals surface area contributed by atoms with Gasteiger partial charge in [0.05, 0.1) is 22.9 Å². The largest absolute Gasteiger partial charge is 0.342 e. The molecule has 6 nitrogen and oxygen atoms in total. The van der Waals surface area contributed by atoms with Crippen LogP contribution in [0.15, 0.2) is 12.1 Å². The number of benzene rings is 1. The van der Waals surface area contributed by atoms with Crippen LogP contribution in [-0.2, 0) is 34.0 Å². The second kappa shape index (κ2) is 8.29. The Morgan fingerprint density at radius 2 is 2.00 bits per heavy atom. The number of H-pyrrole nitrogens is 1. The lowest BCUT2D eigenvalue weighted by Gasteiger charge is -2.31. The summed E-state index contributed by atoms with van der Waals surface area (Å²) in [7, 11) is -1.34. The number of halogens is 3. The second-order valence-corrected chi connectivity index (χ2v) is 11.3. The highest BCUT2D eigenvalue weighted by Crippen LogP contribution is 2.36. The maximum atomic E-state index is 14.5. The van der Waals surface area contributed by atoms with E-state index in [2.05, 4.69) is 4.98 Å². The van der Waals surface area contributed by atoms with Crippen LogP contribution in [0.3, 0.4) is 0 Å². The van der Waals surface area contributed by atoms with Crippen LogP contribution < -0.4 is 0 Å². The van der Waals surface area contributed by atoms with Gasteiger partial charge in [-0.1, -0.05) is 11.6 Å². The van der Waals surface area contributed by atoms with Crippen molar-refractivity contribution < 1.29 is 22.0 Å². The molecular weight excluding hydrogens is 468 g/mol. The molecule has 4 rings (SSSR count). The lowest BCUT2D eigenvalue weighted by Crippen LogP contribution is -2.43. The van der Waals surface area contributed by atoms with E-state index >= 15 is 0 Å². The zero-order valence-corrected chi connectivity index (χ0v) is 19.2. The molecule has 0 aliphatic carbocycles. The van der Waals surface area contributed by atoms with Gasteiger partial charge in [0.1, 0.15) is 21.5 Å². The molecule has 1 amide bonds. The minimum Gasteiger partial charge on any atom is -0.342 e. The number of nitrogens with zero attached hydrogens (tertiary/aromatic N) is 2. The van der Waals surface area contributed by atoms with E-state index in [1.165, 1.54) is 6.07 Å². The number of rotatable bonds is 4. The van der Waals surface area contributed by atoms with Crippen LogP contribution >= 0.6 is 23.8 Å². The number of hydrogen-bond donors (Lipinski definition) is 1. The number of sulfone groups is 1. The standard InChI is InChI=1S/C20H22ClF2N3O3S2/c1-25(12-4-6-31(28,29)7-5-12)17(27)9-15-16-8-11(10-26(16)20(30)24-15)18-14(22)3-2-13(21)19(18)23/h2-3,11-12H,4-10H2,1H3,(H,24,30)/t11-/m1/s1. The highest BCUT2D eigenvalue weighted by molar-refractivity contribution is 7.91. The van der Waals surface area contributed by atoms with Gasteiger partial charge in [0.25, 0.3) is 0 Å². The molecule has 0 saturated carbocycles. The molecule has 1 fully saturated rings. The molecule has 2 aliphatic heterocycles. The Kier molecular flexibility index (Phi) is 5.99. The van der Waals surface area contributed by atoms with Crippen LogP contribution in [0.1, 0.15) is 35.7 Å². The summed E-state index contributed by atoms with van der Waals surface area (Å²) in [4.78, 5) is 17.5. The molecule has 11 heteroatoms. The van der Waals surface area contributed by atoms with Crippen LogP contribution in [-0.4, -0.2) is 53.4 Å². The summed E-state index contributed by atoms with van der Waals surface area (Å²) in [5.74, 6) is -1.89. The summed E-state index contributed by atoms with van der Waals surface area (Å²) in [6.45, 7) is 0.295. The van der Waals surface area contributed by atoms with Gasteiger partial charge >= 0.3 is 0 Å². The normalized spacial score (nSPS) is 20.6. The summed E-state index contributed by atoms with van der Waals surface area (Å²) >= 11 is 11.2. The Morgan fingerprint density at radius 1 is 1.32 bits per heavy atom. The van der Waals surface area contributed by atoms with Crippen molar-refractivity contribution in [2.24, 2.45) is 0 Å². The average Bonchev–Trinajstić information content (AvgIpc) is 3.26. The van der Waals surface area contributed by atoms with Crippen molar-refractivity contribution in [2.45, 2.75) is 44.2 Å². The predicted molar refractivity (Wildman–Crippen MR) is 116 cm³/mol. The lowest BCUT2D eigenvalue weighted by atomic mass is 9.95. The molecule has 1 atom stereocenters. The number of carbonyl (C=O) groups is 1. The molecule has 3 heterocycles. The summed E-state index contributed by atoms with van der Waals surface area (Å²) in [6.07, 6.45) is 1.22. The van der Waals surface area contributed by atoms with Gasteiger partial charge in [-0.15, -0.1) is 0 Å². The fourth-order valence-electron chi connectivity index (χ4n) is 4.50. The monoisotopic (exact) mass is 489 g/mol. The van der Waals surface area contributed by atoms with Crippen molar-refractivity contribution in [3.05, 3.63) is 50.5 Å². The quantitative estimate of drug-likeness (QED) is 0.527. The fourth-order valence-corrected chi connectivity index (χ4v) is 6.44. The van der Waals surface area contributed by atoms with Crippen LogP contribution in [0.5, 0.6) is 0 Å². The first kappa shape index (κ1) is 22.4. The van der Waals surface area contributed by atoms with E-state index in [1.807, 2.05) is 0 Å².